The number of nitrogens with two attached hydrogens (primary N) is 1. The van der Waals surface area contributed by atoms with Crippen LogP contribution in [0.25, 0.3) is 21.7 Å². The van der Waals surface area contributed by atoms with Gasteiger partial charge in [0.05, 0.1) is 20.2 Å². The van der Waals surface area contributed by atoms with Crippen LogP contribution in [0.5, 0.6) is 0 Å². The molecule has 0 saturated heterocycles. The highest BCUT2D eigenvalue weighted by Crippen LogP contribution is 2.33. The van der Waals surface area contributed by atoms with E-state index in [1.54, 1.807) is 11.3 Å². The van der Waals surface area contributed by atoms with Crippen molar-refractivity contribution in [2.75, 3.05) is 0 Å². The van der Waals surface area contributed by atoms with Crippen LogP contribution in [0.2, 0.25) is 4.34 Å². The molecule has 0 aliphatic carbocycles. The number of nitrogens with zero attached hydrogens (tertiary/aromatic N) is 2. The van der Waals surface area contributed by atoms with E-state index in [0.717, 1.165) is 44.6 Å². The third-order valence-corrected chi connectivity index (χ3v) is 4.52. The normalized spacial score (nSPS) is 11.3. The van der Waals surface area contributed by atoms with Crippen molar-refractivity contribution in [3.05, 3.63) is 40.2 Å². The second kappa shape index (κ2) is 5.56. The molecule has 0 atom stereocenters. The van der Waals surface area contributed by atoms with Crippen LogP contribution in [-0.4, -0.2) is 9.55 Å². The van der Waals surface area contributed by atoms with E-state index in [-0.39, 0.29) is 0 Å². The molecule has 2 N–H and O–H groups in total. The maximum atomic E-state index is 6.05. The van der Waals surface area contributed by atoms with Gasteiger partial charge in [-0.3, -0.25) is 0 Å². The van der Waals surface area contributed by atoms with Crippen LogP contribution in [-0.2, 0) is 13.1 Å². The minimum Gasteiger partial charge on any atom is -0.326 e. The molecule has 0 saturated carbocycles. The molecule has 2 heterocycles. The lowest BCUT2D eigenvalue weighted by Crippen LogP contribution is -1.99. The molecule has 0 aliphatic rings. The van der Waals surface area contributed by atoms with Gasteiger partial charge in [0, 0.05) is 13.1 Å². The number of benzene rings is 1. The monoisotopic (exact) mass is 305 g/mol. The molecule has 3 nitrogen and oxygen atoms in total. The summed E-state index contributed by atoms with van der Waals surface area (Å²) in [5, 5.41) is 0. The number of fused-ring (bicyclic) bond motifs is 1. The van der Waals surface area contributed by atoms with E-state index in [1.165, 1.54) is 0 Å². The van der Waals surface area contributed by atoms with Gasteiger partial charge in [0.1, 0.15) is 0 Å². The Labute approximate surface area is 127 Å². The van der Waals surface area contributed by atoms with Crippen LogP contribution in [0.3, 0.4) is 0 Å². The predicted octanol–water partition coefficient (Wildman–Crippen LogP) is 4.29. The average Bonchev–Trinajstić information content (AvgIpc) is 3.03. The lowest BCUT2D eigenvalue weighted by molar-refractivity contribution is 0.705. The van der Waals surface area contributed by atoms with E-state index < -0.39 is 0 Å². The summed E-state index contributed by atoms with van der Waals surface area (Å²) in [5.41, 5.74) is 8.97. The standard InChI is InChI=1S/C15H16ClN3S/c1-2-7-19-12-4-3-10(9-17)8-11(12)18-15(19)13-5-6-14(16)20-13/h3-6,8H,2,7,9,17H2,1H3. The highest BCUT2D eigenvalue weighted by atomic mass is 35.5. The molecule has 0 bridgehead atoms. The van der Waals surface area contributed by atoms with E-state index in [0.29, 0.717) is 6.54 Å². The van der Waals surface area contributed by atoms with Gasteiger partial charge in [-0.2, -0.15) is 0 Å². The third-order valence-electron chi connectivity index (χ3n) is 3.29. The summed E-state index contributed by atoms with van der Waals surface area (Å²) in [4.78, 5) is 5.89. The smallest absolute Gasteiger partial charge is 0.151 e. The fourth-order valence-corrected chi connectivity index (χ4v) is 3.42. The van der Waals surface area contributed by atoms with Gasteiger partial charge in [0.15, 0.2) is 5.82 Å². The Kier molecular flexibility index (Phi) is 3.78. The van der Waals surface area contributed by atoms with Gasteiger partial charge >= 0.3 is 0 Å². The predicted molar refractivity (Wildman–Crippen MR) is 86.2 cm³/mol. The minimum absolute atomic E-state index is 0.538. The van der Waals surface area contributed by atoms with Gasteiger partial charge in [-0.05, 0) is 36.2 Å². The first-order valence-corrected chi connectivity index (χ1v) is 7.87. The molecule has 0 aliphatic heterocycles. The van der Waals surface area contributed by atoms with Crippen LogP contribution in [0.4, 0.5) is 0 Å². The van der Waals surface area contributed by atoms with E-state index in [4.69, 9.17) is 22.3 Å². The van der Waals surface area contributed by atoms with Crippen molar-refractivity contribution >= 4 is 34.0 Å². The molecule has 0 spiro atoms. The quantitative estimate of drug-likeness (QED) is 0.781. The highest BCUT2D eigenvalue weighted by Gasteiger charge is 2.14. The van der Waals surface area contributed by atoms with Crippen molar-refractivity contribution in [3.63, 3.8) is 0 Å². The average molecular weight is 306 g/mol. The maximum absolute atomic E-state index is 6.05. The Morgan fingerprint density at radius 1 is 1.30 bits per heavy atom. The summed E-state index contributed by atoms with van der Waals surface area (Å²) in [5.74, 6) is 0.993. The fraction of sp³-hybridized carbons (Fsp3) is 0.267. The second-order valence-corrected chi connectivity index (χ2v) is 6.43. The SMILES string of the molecule is CCCn1c(-c2ccc(Cl)s2)nc2cc(CN)ccc21. The van der Waals surface area contributed by atoms with Crippen molar-refractivity contribution < 1.29 is 0 Å². The lowest BCUT2D eigenvalue weighted by Gasteiger charge is -2.06. The highest BCUT2D eigenvalue weighted by molar-refractivity contribution is 7.19. The molecular formula is C15H16ClN3S. The lowest BCUT2D eigenvalue weighted by atomic mass is 10.2. The van der Waals surface area contributed by atoms with Crippen molar-refractivity contribution in [2.24, 2.45) is 5.73 Å². The second-order valence-electron chi connectivity index (χ2n) is 4.72. The summed E-state index contributed by atoms with van der Waals surface area (Å²) >= 11 is 7.61. The topological polar surface area (TPSA) is 43.8 Å². The first-order chi connectivity index (χ1) is 9.72. The molecule has 3 aromatic rings. The molecule has 0 fully saturated rings. The van der Waals surface area contributed by atoms with Crippen molar-refractivity contribution in [1.29, 1.82) is 0 Å². The van der Waals surface area contributed by atoms with Crippen LogP contribution < -0.4 is 5.73 Å². The maximum Gasteiger partial charge on any atom is 0.151 e. The number of thiophene rings is 1. The van der Waals surface area contributed by atoms with Crippen molar-refractivity contribution in [3.8, 4) is 10.7 Å². The van der Waals surface area contributed by atoms with Crippen LogP contribution >= 0.6 is 22.9 Å². The van der Waals surface area contributed by atoms with E-state index in [1.807, 2.05) is 12.1 Å². The molecule has 5 heteroatoms. The zero-order chi connectivity index (χ0) is 14.1. The van der Waals surface area contributed by atoms with E-state index in [9.17, 15) is 0 Å². The Morgan fingerprint density at radius 2 is 2.15 bits per heavy atom. The third kappa shape index (κ3) is 2.35. The minimum atomic E-state index is 0.538. The molecule has 20 heavy (non-hydrogen) atoms. The van der Waals surface area contributed by atoms with Gasteiger partial charge in [-0.25, -0.2) is 4.98 Å². The first kappa shape index (κ1) is 13.6. The summed E-state index contributed by atoms with van der Waals surface area (Å²) in [6.45, 7) is 3.66. The number of aryl methyl sites for hydroxylation is 1. The number of rotatable bonds is 4. The molecule has 1 aromatic carbocycles. The van der Waals surface area contributed by atoms with Crippen molar-refractivity contribution in [2.45, 2.75) is 26.4 Å². The number of aromatic nitrogens is 2. The van der Waals surface area contributed by atoms with Gasteiger partial charge in [-0.15, -0.1) is 11.3 Å². The van der Waals surface area contributed by atoms with Gasteiger partial charge in [0.2, 0.25) is 0 Å². The molecule has 0 unspecified atom stereocenters. The largest absolute Gasteiger partial charge is 0.326 e. The molecule has 104 valence electrons. The zero-order valence-corrected chi connectivity index (χ0v) is 12.8. The van der Waals surface area contributed by atoms with Gasteiger partial charge in [0.25, 0.3) is 0 Å². The summed E-state index contributed by atoms with van der Waals surface area (Å²) < 4.78 is 3.05. The Balaban J connectivity index is 2.21. The Bertz CT molecular complexity index is 745. The fourth-order valence-electron chi connectivity index (χ4n) is 2.37. The van der Waals surface area contributed by atoms with Crippen LogP contribution in [0.1, 0.15) is 18.9 Å². The van der Waals surface area contributed by atoms with E-state index >= 15 is 0 Å². The molecule has 0 radical (unpaired) electrons. The number of imidazole rings is 1. The Hall–Kier alpha value is -1.36. The summed E-state index contributed by atoms with van der Waals surface area (Å²) in [7, 11) is 0. The molecule has 3 rings (SSSR count). The molecular weight excluding hydrogens is 290 g/mol. The number of hydrogen-bond donors (Lipinski definition) is 1. The molecule has 0 amide bonds. The zero-order valence-electron chi connectivity index (χ0n) is 11.3. The van der Waals surface area contributed by atoms with Gasteiger partial charge < -0.3 is 10.3 Å². The van der Waals surface area contributed by atoms with Crippen molar-refractivity contribution in [1.82, 2.24) is 9.55 Å². The van der Waals surface area contributed by atoms with Gasteiger partial charge in [-0.1, -0.05) is 24.6 Å². The number of hydrogen-bond acceptors (Lipinski definition) is 3. The Morgan fingerprint density at radius 3 is 2.80 bits per heavy atom. The van der Waals surface area contributed by atoms with Crippen LogP contribution in [0.15, 0.2) is 30.3 Å². The number of halogens is 1. The summed E-state index contributed by atoms with van der Waals surface area (Å²) in [6, 6.07) is 10.2. The summed E-state index contributed by atoms with van der Waals surface area (Å²) in [6.07, 6.45) is 1.07. The van der Waals surface area contributed by atoms with E-state index in [2.05, 4.69) is 29.7 Å². The first-order valence-electron chi connectivity index (χ1n) is 6.68. The van der Waals surface area contributed by atoms with Crippen LogP contribution in [0, 0.1) is 0 Å². The molecule has 2 aromatic heterocycles.